The third-order valence-corrected chi connectivity index (χ3v) is 2.51. The van der Waals surface area contributed by atoms with Crippen molar-refractivity contribution >= 4 is 9.84 Å². The van der Waals surface area contributed by atoms with E-state index in [9.17, 15) is 13.5 Å². The van der Waals surface area contributed by atoms with Gasteiger partial charge in [-0.25, -0.2) is 8.42 Å². The monoisotopic (exact) mass is 209 g/mol. The van der Waals surface area contributed by atoms with Crippen LogP contribution in [0.1, 0.15) is 20.3 Å². The lowest BCUT2D eigenvalue weighted by molar-refractivity contribution is 0.0714. The standard InChI is InChI=1S/C8H19NO3S/c1-8(2,10)4-5-9-6-7-13(3,11)12/h9-10H,4-7H2,1-3H3. The van der Waals surface area contributed by atoms with E-state index in [0.717, 1.165) is 0 Å². The molecule has 0 spiro atoms. The highest BCUT2D eigenvalue weighted by atomic mass is 32.2. The lowest BCUT2D eigenvalue weighted by Crippen LogP contribution is -2.29. The summed E-state index contributed by atoms with van der Waals surface area (Å²) in [5, 5.41) is 12.3. The summed E-state index contributed by atoms with van der Waals surface area (Å²) in [5.41, 5.74) is -0.682. The van der Waals surface area contributed by atoms with E-state index in [2.05, 4.69) is 5.32 Å². The van der Waals surface area contributed by atoms with E-state index in [4.69, 9.17) is 0 Å². The molecule has 0 radical (unpaired) electrons. The van der Waals surface area contributed by atoms with E-state index in [-0.39, 0.29) is 5.75 Å². The molecule has 0 aliphatic rings. The van der Waals surface area contributed by atoms with Crippen LogP contribution in [0.2, 0.25) is 0 Å². The largest absolute Gasteiger partial charge is 0.390 e. The summed E-state index contributed by atoms with van der Waals surface area (Å²) in [7, 11) is -2.87. The summed E-state index contributed by atoms with van der Waals surface area (Å²) in [6.45, 7) is 4.55. The molecule has 0 aromatic carbocycles. The predicted octanol–water partition coefficient (Wildman–Crippen LogP) is -0.218. The van der Waals surface area contributed by atoms with Gasteiger partial charge in [0.1, 0.15) is 9.84 Å². The minimum absolute atomic E-state index is 0.152. The van der Waals surface area contributed by atoms with Gasteiger partial charge in [0.25, 0.3) is 0 Å². The number of nitrogens with one attached hydrogen (secondary N) is 1. The number of sulfone groups is 1. The molecule has 80 valence electrons. The zero-order chi connectivity index (χ0) is 10.5. The molecular weight excluding hydrogens is 190 g/mol. The second-order valence-electron chi connectivity index (χ2n) is 3.94. The zero-order valence-corrected chi connectivity index (χ0v) is 9.32. The van der Waals surface area contributed by atoms with E-state index in [0.29, 0.717) is 19.5 Å². The first kappa shape index (κ1) is 12.9. The maximum absolute atomic E-state index is 10.7. The Balaban J connectivity index is 3.39. The first-order chi connectivity index (χ1) is 5.71. The minimum atomic E-state index is -2.87. The van der Waals surface area contributed by atoms with E-state index < -0.39 is 15.4 Å². The molecule has 4 nitrogen and oxygen atoms in total. The van der Waals surface area contributed by atoms with Crippen LogP contribution in [0.5, 0.6) is 0 Å². The van der Waals surface area contributed by atoms with Gasteiger partial charge in [0.05, 0.1) is 11.4 Å². The predicted molar refractivity (Wildman–Crippen MR) is 53.5 cm³/mol. The van der Waals surface area contributed by atoms with Crippen LogP contribution in [0.3, 0.4) is 0 Å². The molecule has 2 N–H and O–H groups in total. The second-order valence-corrected chi connectivity index (χ2v) is 6.20. The van der Waals surface area contributed by atoms with Crippen LogP contribution in [0.15, 0.2) is 0 Å². The summed E-state index contributed by atoms with van der Waals surface area (Å²) in [4.78, 5) is 0. The van der Waals surface area contributed by atoms with Crippen LogP contribution in [-0.4, -0.2) is 44.2 Å². The normalized spacial score (nSPS) is 13.2. The fraction of sp³-hybridized carbons (Fsp3) is 1.00. The van der Waals surface area contributed by atoms with Crippen LogP contribution in [0.4, 0.5) is 0 Å². The maximum Gasteiger partial charge on any atom is 0.148 e. The molecule has 5 heteroatoms. The van der Waals surface area contributed by atoms with Gasteiger partial charge in [-0.1, -0.05) is 0 Å². The Bertz CT molecular complexity index is 228. The van der Waals surface area contributed by atoms with Crippen molar-refractivity contribution in [1.82, 2.24) is 5.32 Å². The fourth-order valence-electron chi connectivity index (χ4n) is 0.777. The Kier molecular flexibility index (Phi) is 4.88. The molecule has 0 saturated carbocycles. The summed E-state index contributed by atoms with van der Waals surface area (Å²) in [5.74, 6) is 0.152. The first-order valence-electron chi connectivity index (χ1n) is 4.31. The van der Waals surface area contributed by atoms with Crippen molar-refractivity contribution in [3.05, 3.63) is 0 Å². The van der Waals surface area contributed by atoms with Crippen molar-refractivity contribution < 1.29 is 13.5 Å². The third-order valence-electron chi connectivity index (χ3n) is 1.56. The zero-order valence-electron chi connectivity index (χ0n) is 8.50. The molecule has 0 aromatic rings. The fourth-order valence-corrected chi connectivity index (χ4v) is 1.29. The highest BCUT2D eigenvalue weighted by Crippen LogP contribution is 2.04. The van der Waals surface area contributed by atoms with Crippen molar-refractivity contribution in [2.75, 3.05) is 25.1 Å². The van der Waals surface area contributed by atoms with Crippen molar-refractivity contribution in [3.8, 4) is 0 Å². The highest BCUT2D eigenvalue weighted by Gasteiger charge is 2.11. The highest BCUT2D eigenvalue weighted by molar-refractivity contribution is 7.90. The van der Waals surface area contributed by atoms with Gasteiger partial charge in [0, 0.05) is 12.8 Å². The van der Waals surface area contributed by atoms with Gasteiger partial charge >= 0.3 is 0 Å². The molecular formula is C8H19NO3S. The summed E-state index contributed by atoms with van der Waals surface area (Å²) >= 11 is 0. The number of aliphatic hydroxyl groups is 1. The molecule has 0 aromatic heterocycles. The average Bonchev–Trinajstić information content (AvgIpc) is 1.81. The Hall–Kier alpha value is -0.130. The maximum atomic E-state index is 10.7. The van der Waals surface area contributed by atoms with E-state index in [1.807, 2.05) is 0 Å². The Morgan fingerprint density at radius 2 is 1.85 bits per heavy atom. The first-order valence-corrected chi connectivity index (χ1v) is 6.38. The van der Waals surface area contributed by atoms with Gasteiger partial charge in [-0.3, -0.25) is 0 Å². The number of hydrogen-bond acceptors (Lipinski definition) is 4. The summed E-state index contributed by atoms with van der Waals surface area (Å²) < 4.78 is 21.4. The van der Waals surface area contributed by atoms with Gasteiger partial charge in [0.15, 0.2) is 0 Å². The Morgan fingerprint density at radius 3 is 2.23 bits per heavy atom. The van der Waals surface area contributed by atoms with E-state index in [1.165, 1.54) is 6.26 Å². The molecule has 0 atom stereocenters. The molecule has 0 amide bonds. The van der Waals surface area contributed by atoms with Crippen molar-refractivity contribution in [3.63, 3.8) is 0 Å². The van der Waals surface area contributed by atoms with Crippen LogP contribution < -0.4 is 5.32 Å². The molecule has 0 aliphatic carbocycles. The van der Waals surface area contributed by atoms with Crippen molar-refractivity contribution in [2.24, 2.45) is 0 Å². The summed E-state index contributed by atoms with van der Waals surface area (Å²) in [6, 6.07) is 0. The average molecular weight is 209 g/mol. The lowest BCUT2D eigenvalue weighted by atomic mass is 10.1. The molecule has 0 rings (SSSR count). The minimum Gasteiger partial charge on any atom is -0.390 e. The van der Waals surface area contributed by atoms with E-state index in [1.54, 1.807) is 13.8 Å². The van der Waals surface area contributed by atoms with Gasteiger partial charge < -0.3 is 10.4 Å². The van der Waals surface area contributed by atoms with E-state index >= 15 is 0 Å². The van der Waals surface area contributed by atoms with Crippen LogP contribution in [0, 0.1) is 0 Å². The molecule has 0 aliphatic heterocycles. The smallest absolute Gasteiger partial charge is 0.148 e. The molecule has 0 fully saturated rings. The van der Waals surface area contributed by atoms with Gasteiger partial charge in [-0.2, -0.15) is 0 Å². The van der Waals surface area contributed by atoms with Crippen molar-refractivity contribution in [2.45, 2.75) is 25.9 Å². The Morgan fingerprint density at radius 1 is 1.31 bits per heavy atom. The molecule has 0 unspecified atom stereocenters. The molecule has 0 bridgehead atoms. The molecule has 13 heavy (non-hydrogen) atoms. The molecule has 0 saturated heterocycles. The quantitative estimate of drug-likeness (QED) is 0.594. The number of rotatable bonds is 6. The van der Waals surface area contributed by atoms with Crippen LogP contribution >= 0.6 is 0 Å². The van der Waals surface area contributed by atoms with Crippen molar-refractivity contribution in [1.29, 1.82) is 0 Å². The second kappa shape index (κ2) is 4.93. The van der Waals surface area contributed by atoms with Crippen LogP contribution in [0.25, 0.3) is 0 Å². The van der Waals surface area contributed by atoms with Gasteiger partial charge in [0.2, 0.25) is 0 Å². The lowest BCUT2D eigenvalue weighted by Gasteiger charge is -2.16. The third kappa shape index (κ3) is 11.9. The Labute approximate surface area is 80.3 Å². The SMILES string of the molecule is CC(C)(O)CCNCCS(C)(=O)=O. The molecule has 0 heterocycles. The summed E-state index contributed by atoms with van der Waals surface area (Å²) in [6.07, 6.45) is 1.83. The van der Waals surface area contributed by atoms with Gasteiger partial charge in [-0.15, -0.1) is 0 Å². The number of hydrogen-bond donors (Lipinski definition) is 2. The van der Waals surface area contributed by atoms with Gasteiger partial charge in [-0.05, 0) is 26.8 Å². The topological polar surface area (TPSA) is 66.4 Å². The van der Waals surface area contributed by atoms with Crippen LogP contribution in [-0.2, 0) is 9.84 Å².